The molecule has 0 heterocycles. The number of carbonyl (C=O) groups is 1. The van der Waals surface area contributed by atoms with Crippen molar-refractivity contribution < 1.29 is 4.79 Å². The molecular formula is C14H21ClN2O. The van der Waals surface area contributed by atoms with Crippen molar-refractivity contribution >= 4 is 18.3 Å². The molecule has 1 aromatic rings. The standard InChI is InChI=1S/C14H20N2O.ClH/c1-10(15)8-14(17)16-13-7-6-11-4-2-3-5-12(11)9-13;/h2-5,10,13H,6-9,15H2,1H3,(H,16,17);1H. The third-order valence-corrected chi connectivity index (χ3v) is 3.22. The summed E-state index contributed by atoms with van der Waals surface area (Å²) in [5.74, 6) is 0.0735. The largest absolute Gasteiger partial charge is 0.353 e. The second kappa shape index (κ2) is 6.76. The van der Waals surface area contributed by atoms with Gasteiger partial charge in [0.15, 0.2) is 0 Å². The lowest BCUT2D eigenvalue weighted by molar-refractivity contribution is -0.122. The van der Waals surface area contributed by atoms with E-state index in [2.05, 4.69) is 29.6 Å². The second-order valence-electron chi connectivity index (χ2n) is 4.96. The Morgan fingerprint density at radius 3 is 2.78 bits per heavy atom. The van der Waals surface area contributed by atoms with E-state index >= 15 is 0 Å². The van der Waals surface area contributed by atoms with Gasteiger partial charge in [0.25, 0.3) is 0 Å². The van der Waals surface area contributed by atoms with Crippen LogP contribution in [0.1, 0.15) is 30.9 Å². The van der Waals surface area contributed by atoms with Gasteiger partial charge in [-0.2, -0.15) is 0 Å². The number of aryl methyl sites for hydroxylation is 1. The average Bonchev–Trinajstić information content (AvgIpc) is 2.27. The zero-order valence-electron chi connectivity index (χ0n) is 10.7. The van der Waals surface area contributed by atoms with Gasteiger partial charge < -0.3 is 11.1 Å². The first kappa shape index (κ1) is 15.0. The van der Waals surface area contributed by atoms with Crippen molar-refractivity contribution in [3.8, 4) is 0 Å². The van der Waals surface area contributed by atoms with Gasteiger partial charge in [-0.3, -0.25) is 4.79 Å². The molecule has 0 spiro atoms. The van der Waals surface area contributed by atoms with Gasteiger partial charge in [0.1, 0.15) is 0 Å². The van der Waals surface area contributed by atoms with Crippen molar-refractivity contribution in [3.05, 3.63) is 35.4 Å². The van der Waals surface area contributed by atoms with Gasteiger partial charge in [-0.1, -0.05) is 24.3 Å². The Hall–Kier alpha value is -1.06. The van der Waals surface area contributed by atoms with Crippen molar-refractivity contribution in [2.75, 3.05) is 0 Å². The van der Waals surface area contributed by atoms with E-state index in [-0.39, 0.29) is 30.4 Å². The van der Waals surface area contributed by atoms with Crippen molar-refractivity contribution in [1.29, 1.82) is 0 Å². The van der Waals surface area contributed by atoms with Crippen LogP contribution < -0.4 is 11.1 Å². The van der Waals surface area contributed by atoms with Crippen LogP contribution in [0.15, 0.2) is 24.3 Å². The first-order chi connectivity index (χ1) is 8.15. The third kappa shape index (κ3) is 4.00. The predicted molar refractivity (Wildman–Crippen MR) is 75.9 cm³/mol. The van der Waals surface area contributed by atoms with Crippen molar-refractivity contribution in [2.45, 2.75) is 44.7 Å². The van der Waals surface area contributed by atoms with E-state index in [0.717, 1.165) is 19.3 Å². The third-order valence-electron chi connectivity index (χ3n) is 3.22. The summed E-state index contributed by atoms with van der Waals surface area (Å²) < 4.78 is 0. The number of nitrogens with two attached hydrogens (primary N) is 1. The predicted octanol–water partition coefficient (Wildman–Crippen LogP) is 1.82. The van der Waals surface area contributed by atoms with Crippen LogP contribution in [0, 0.1) is 0 Å². The Labute approximate surface area is 115 Å². The number of rotatable bonds is 3. The van der Waals surface area contributed by atoms with Gasteiger partial charge in [-0.15, -0.1) is 12.4 Å². The molecule has 1 aliphatic carbocycles. The molecule has 0 saturated heterocycles. The SMILES string of the molecule is CC(N)CC(=O)NC1CCc2ccccc2C1.Cl. The smallest absolute Gasteiger partial charge is 0.221 e. The molecule has 1 amide bonds. The highest BCUT2D eigenvalue weighted by atomic mass is 35.5. The molecule has 0 aromatic heterocycles. The molecule has 1 aromatic carbocycles. The number of amides is 1. The average molecular weight is 269 g/mol. The molecule has 18 heavy (non-hydrogen) atoms. The first-order valence-electron chi connectivity index (χ1n) is 6.27. The summed E-state index contributed by atoms with van der Waals surface area (Å²) in [6, 6.07) is 8.68. The Kier molecular flexibility index (Phi) is 5.63. The van der Waals surface area contributed by atoms with E-state index in [0.29, 0.717) is 6.42 Å². The van der Waals surface area contributed by atoms with Crippen LogP contribution in [0.5, 0.6) is 0 Å². The summed E-state index contributed by atoms with van der Waals surface area (Å²) in [5.41, 5.74) is 8.40. The molecule has 0 radical (unpaired) electrons. The number of fused-ring (bicyclic) bond motifs is 1. The summed E-state index contributed by atoms with van der Waals surface area (Å²) in [7, 11) is 0. The number of nitrogens with one attached hydrogen (secondary N) is 1. The fourth-order valence-electron chi connectivity index (χ4n) is 2.40. The maximum Gasteiger partial charge on any atom is 0.221 e. The minimum atomic E-state index is -0.0640. The normalized spacial score (nSPS) is 19.3. The van der Waals surface area contributed by atoms with E-state index in [9.17, 15) is 4.79 Å². The Morgan fingerprint density at radius 1 is 1.44 bits per heavy atom. The highest BCUT2D eigenvalue weighted by Gasteiger charge is 2.19. The topological polar surface area (TPSA) is 55.1 Å². The molecule has 4 heteroatoms. The Bertz CT molecular complexity index is 407. The molecule has 2 rings (SSSR count). The maximum atomic E-state index is 11.6. The molecule has 0 aliphatic heterocycles. The van der Waals surface area contributed by atoms with Crippen molar-refractivity contribution in [3.63, 3.8) is 0 Å². The van der Waals surface area contributed by atoms with Crippen LogP contribution in [-0.2, 0) is 17.6 Å². The zero-order chi connectivity index (χ0) is 12.3. The monoisotopic (exact) mass is 268 g/mol. The molecule has 0 bridgehead atoms. The van der Waals surface area contributed by atoms with Gasteiger partial charge in [-0.05, 0) is 37.3 Å². The van der Waals surface area contributed by atoms with Crippen molar-refractivity contribution in [1.82, 2.24) is 5.32 Å². The minimum absolute atomic E-state index is 0. The number of benzene rings is 1. The molecule has 1 aliphatic rings. The Balaban J connectivity index is 0.00000162. The van der Waals surface area contributed by atoms with Crippen molar-refractivity contribution in [2.24, 2.45) is 5.73 Å². The lowest BCUT2D eigenvalue weighted by Crippen LogP contribution is -2.40. The molecular weight excluding hydrogens is 248 g/mol. The highest BCUT2D eigenvalue weighted by molar-refractivity contribution is 5.85. The Morgan fingerprint density at radius 2 is 2.11 bits per heavy atom. The molecule has 2 atom stereocenters. The van der Waals surface area contributed by atoms with Crippen LogP contribution >= 0.6 is 12.4 Å². The van der Waals surface area contributed by atoms with Crippen LogP contribution in [0.3, 0.4) is 0 Å². The van der Waals surface area contributed by atoms with Gasteiger partial charge in [0.05, 0.1) is 0 Å². The first-order valence-corrected chi connectivity index (χ1v) is 6.27. The summed E-state index contributed by atoms with van der Waals surface area (Å²) in [6.07, 6.45) is 3.44. The number of halogens is 1. The van der Waals surface area contributed by atoms with Crippen LogP contribution in [0.2, 0.25) is 0 Å². The molecule has 100 valence electrons. The molecule has 2 unspecified atom stereocenters. The number of hydrogen-bond acceptors (Lipinski definition) is 2. The van der Waals surface area contributed by atoms with E-state index in [1.54, 1.807) is 0 Å². The molecule has 0 saturated carbocycles. The van der Waals surface area contributed by atoms with Crippen LogP contribution in [0.4, 0.5) is 0 Å². The van der Waals surface area contributed by atoms with E-state index < -0.39 is 0 Å². The quantitative estimate of drug-likeness (QED) is 0.879. The molecule has 0 fully saturated rings. The van der Waals surface area contributed by atoms with Gasteiger partial charge in [-0.25, -0.2) is 0 Å². The van der Waals surface area contributed by atoms with E-state index in [1.807, 2.05) is 6.92 Å². The molecule has 3 nitrogen and oxygen atoms in total. The fourth-order valence-corrected chi connectivity index (χ4v) is 2.40. The van der Waals surface area contributed by atoms with E-state index in [1.165, 1.54) is 11.1 Å². The fraction of sp³-hybridized carbons (Fsp3) is 0.500. The zero-order valence-corrected chi connectivity index (χ0v) is 11.5. The number of hydrogen-bond donors (Lipinski definition) is 2. The van der Waals surface area contributed by atoms with Gasteiger partial charge in [0, 0.05) is 18.5 Å². The summed E-state index contributed by atoms with van der Waals surface area (Å²) in [5, 5.41) is 3.07. The van der Waals surface area contributed by atoms with Gasteiger partial charge in [0.2, 0.25) is 5.91 Å². The maximum absolute atomic E-state index is 11.6. The highest BCUT2D eigenvalue weighted by Crippen LogP contribution is 2.20. The lowest BCUT2D eigenvalue weighted by Gasteiger charge is -2.25. The summed E-state index contributed by atoms with van der Waals surface area (Å²) >= 11 is 0. The van der Waals surface area contributed by atoms with Crippen LogP contribution in [0.25, 0.3) is 0 Å². The minimum Gasteiger partial charge on any atom is -0.353 e. The van der Waals surface area contributed by atoms with Gasteiger partial charge >= 0.3 is 0 Å². The van der Waals surface area contributed by atoms with Crippen LogP contribution in [-0.4, -0.2) is 18.0 Å². The molecule has 3 N–H and O–H groups in total. The second-order valence-corrected chi connectivity index (χ2v) is 4.96. The number of carbonyl (C=O) groups excluding carboxylic acids is 1. The summed E-state index contributed by atoms with van der Waals surface area (Å²) in [4.78, 5) is 11.6. The summed E-state index contributed by atoms with van der Waals surface area (Å²) in [6.45, 7) is 1.86. The van der Waals surface area contributed by atoms with E-state index in [4.69, 9.17) is 5.73 Å². The lowest BCUT2D eigenvalue weighted by atomic mass is 9.88.